The monoisotopic (exact) mass is 223 g/mol. The predicted octanol–water partition coefficient (Wildman–Crippen LogP) is 2.46. The molecule has 0 aliphatic heterocycles. The Balaban J connectivity index is 3.01. The van der Waals surface area contributed by atoms with Crippen LogP contribution in [-0.2, 0) is 4.74 Å². The second-order valence-corrected chi connectivity index (χ2v) is 3.06. The summed E-state index contributed by atoms with van der Waals surface area (Å²) in [7, 11) is 1.60. The van der Waals surface area contributed by atoms with Crippen molar-refractivity contribution in [3.63, 3.8) is 0 Å². The first kappa shape index (κ1) is 12.4. The van der Waals surface area contributed by atoms with Crippen molar-refractivity contribution in [2.75, 3.05) is 20.3 Å². The van der Waals surface area contributed by atoms with Gasteiger partial charge in [-0.3, -0.25) is 5.41 Å². The van der Waals surface area contributed by atoms with E-state index in [1.54, 1.807) is 25.3 Å². The molecule has 1 aromatic carbocycles. The van der Waals surface area contributed by atoms with Crippen LogP contribution in [0, 0.1) is 5.41 Å². The van der Waals surface area contributed by atoms with E-state index in [-0.39, 0.29) is 5.90 Å². The topological polar surface area (TPSA) is 51.5 Å². The Bertz CT molecular complexity index is 363. The standard InChI is InChI=1S/C12H17NO3/c1-4-15-11-8-9(14-3)6-7-10(11)12(13)16-5-2/h6-8,13H,4-5H2,1-3H3. The van der Waals surface area contributed by atoms with Crippen LogP contribution in [0.1, 0.15) is 19.4 Å². The molecule has 0 amide bonds. The highest BCUT2D eigenvalue weighted by Gasteiger charge is 2.11. The van der Waals surface area contributed by atoms with Gasteiger partial charge in [-0.05, 0) is 26.0 Å². The summed E-state index contributed by atoms with van der Waals surface area (Å²) in [6.07, 6.45) is 0. The Morgan fingerprint density at radius 2 is 2.00 bits per heavy atom. The van der Waals surface area contributed by atoms with Crippen LogP contribution in [0.2, 0.25) is 0 Å². The Labute approximate surface area is 95.6 Å². The molecule has 0 unspecified atom stereocenters. The van der Waals surface area contributed by atoms with Gasteiger partial charge in [-0.1, -0.05) is 0 Å². The van der Waals surface area contributed by atoms with Gasteiger partial charge in [0, 0.05) is 6.07 Å². The van der Waals surface area contributed by atoms with E-state index in [1.807, 2.05) is 13.8 Å². The molecule has 0 aliphatic rings. The molecule has 0 saturated carbocycles. The Morgan fingerprint density at radius 3 is 2.56 bits per heavy atom. The number of ether oxygens (including phenoxy) is 3. The summed E-state index contributed by atoms with van der Waals surface area (Å²) in [5.74, 6) is 1.44. The molecule has 88 valence electrons. The van der Waals surface area contributed by atoms with Gasteiger partial charge in [0.05, 0.1) is 25.9 Å². The zero-order valence-corrected chi connectivity index (χ0v) is 9.87. The molecule has 4 heteroatoms. The number of nitrogens with one attached hydrogen (secondary N) is 1. The van der Waals surface area contributed by atoms with Crippen molar-refractivity contribution < 1.29 is 14.2 Å². The van der Waals surface area contributed by atoms with Gasteiger partial charge in [0.1, 0.15) is 11.5 Å². The van der Waals surface area contributed by atoms with E-state index in [0.717, 1.165) is 0 Å². The fourth-order valence-electron chi connectivity index (χ4n) is 1.31. The number of hydrogen-bond acceptors (Lipinski definition) is 4. The first-order valence-corrected chi connectivity index (χ1v) is 5.25. The smallest absolute Gasteiger partial charge is 0.217 e. The molecule has 0 heterocycles. The maximum atomic E-state index is 7.73. The normalized spacial score (nSPS) is 9.69. The van der Waals surface area contributed by atoms with E-state index >= 15 is 0 Å². The first-order valence-electron chi connectivity index (χ1n) is 5.25. The molecule has 0 fully saturated rings. The summed E-state index contributed by atoms with van der Waals surface area (Å²) >= 11 is 0. The lowest BCUT2D eigenvalue weighted by Gasteiger charge is -2.12. The third-order valence-electron chi connectivity index (χ3n) is 2.02. The van der Waals surface area contributed by atoms with Gasteiger partial charge >= 0.3 is 0 Å². The van der Waals surface area contributed by atoms with Gasteiger partial charge in [-0.2, -0.15) is 0 Å². The van der Waals surface area contributed by atoms with Crippen molar-refractivity contribution in [1.29, 1.82) is 5.41 Å². The minimum Gasteiger partial charge on any atom is -0.497 e. The molecule has 0 radical (unpaired) electrons. The van der Waals surface area contributed by atoms with Crippen molar-refractivity contribution >= 4 is 5.90 Å². The molecule has 0 aliphatic carbocycles. The van der Waals surface area contributed by atoms with Crippen LogP contribution >= 0.6 is 0 Å². The highest BCUT2D eigenvalue weighted by atomic mass is 16.5. The lowest BCUT2D eigenvalue weighted by molar-refractivity contribution is 0.314. The Kier molecular flexibility index (Phi) is 4.64. The lowest BCUT2D eigenvalue weighted by atomic mass is 10.2. The van der Waals surface area contributed by atoms with Gasteiger partial charge < -0.3 is 14.2 Å². The van der Waals surface area contributed by atoms with Crippen LogP contribution in [0.5, 0.6) is 11.5 Å². The molecular weight excluding hydrogens is 206 g/mol. The average Bonchev–Trinajstić information content (AvgIpc) is 2.29. The summed E-state index contributed by atoms with van der Waals surface area (Å²) in [5.41, 5.74) is 0.643. The Hall–Kier alpha value is -1.71. The van der Waals surface area contributed by atoms with Gasteiger partial charge in [0.25, 0.3) is 0 Å². The van der Waals surface area contributed by atoms with Gasteiger partial charge in [0.2, 0.25) is 5.90 Å². The van der Waals surface area contributed by atoms with Crippen molar-refractivity contribution in [2.45, 2.75) is 13.8 Å². The maximum absolute atomic E-state index is 7.73. The second-order valence-electron chi connectivity index (χ2n) is 3.06. The van der Waals surface area contributed by atoms with Gasteiger partial charge in [0.15, 0.2) is 0 Å². The third kappa shape index (κ3) is 2.89. The van der Waals surface area contributed by atoms with Crippen molar-refractivity contribution in [2.24, 2.45) is 0 Å². The van der Waals surface area contributed by atoms with E-state index in [4.69, 9.17) is 19.6 Å². The summed E-state index contributed by atoms with van der Waals surface area (Å²) in [6.45, 7) is 4.75. The molecule has 0 bridgehead atoms. The minimum absolute atomic E-state index is 0.119. The highest BCUT2D eigenvalue weighted by molar-refractivity contribution is 5.94. The predicted molar refractivity (Wildman–Crippen MR) is 62.6 cm³/mol. The summed E-state index contributed by atoms with van der Waals surface area (Å²) < 4.78 is 15.7. The molecule has 1 rings (SSSR count). The zero-order valence-electron chi connectivity index (χ0n) is 9.87. The van der Waals surface area contributed by atoms with Crippen LogP contribution in [0.4, 0.5) is 0 Å². The fourth-order valence-corrected chi connectivity index (χ4v) is 1.31. The van der Waals surface area contributed by atoms with Crippen molar-refractivity contribution in [1.82, 2.24) is 0 Å². The average molecular weight is 223 g/mol. The van der Waals surface area contributed by atoms with Crippen LogP contribution in [0.15, 0.2) is 18.2 Å². The van der Waals surface area contributed by atoms with E-state index < -0.39 is 0 Å². The molecule has 16 heavy (non-hydrogen) atoms. The van der Waals surface area contributed by atoms with E-state index in [0.29, 0.717) is 30.3 Å². The molecule has 4 nitrogen and oxygen atoms in total. The molecule has 0 saturated heterocycles. The molecule has 0 atom stereocenters. The van der Waals surface area contributed by atoms with E-state index in [2.05, 4.69) is 0 Å². The molecule has 1 aromatic rings. The maximum Gasteiger partial charge on any atom is 0.217 e. The lowest BCUT2D eigenvalue weighted by Crippen LogP contribution is -2.08. The van der Waals surface area contributed by atoms with Gasteiger partial charge in [-0.25, -0.2) is 0 Å². The number of hydrogen-bond donors (Lipinski definition) is 1. The summed E-state index contributed by atoms with van der Waals surface area (Å²) in [5, 5.41) is 7.73. The van der Waals surface area contributed by atoms with Crippen molar-refractivity contribution in [3.8, 4) is 11.5 Å². The van der Waals surface area contributed by atoms with Crippen LogP contribution in [0.25, 0.3) is 0 Å². The fraction of sp³-hybridized carbons (Fsp3) is 0.417. The molecule has 0 aromatic heterocycles. The summed E-state index contributed by atoms with van der Waals surface area (Å²) in [4.78, 5) is 0. The van der Waals surface area contributed by atoms with Crippen LogP contribution in [0.3, 0.4) is 0 Å². The number of benzene rings is 1. The second kappa shape index (κ2) is 6.00. The largest absolute Gasteiger partial charge is 0.497 e. The van der Waals surface area contributed by atoms with E-state index in [9.17, 15) is 0 Å². The van der Waals surface area contributed by atoms with Crippen molar-refractivity contribution in [3.05, 3.63) is 23.8 Å². The molecular formula is C12H17NO3. The zero-order chi connectivity index (χ0) is 12.0. The first-order chi connectivity index (χ1) is 7.72. The third-order valence-corrected chi connectivity index (χ3v) is 2.02. The Morgan fingerprint density at radius 1 is 1.25 bits per heavy atom. The van der Waals surface area contributed by atoms with E-state index in [1.165, 1.54) is 0 Å². The number of methoxy groups -OCH3 is 1. The molecule has 0 spiro atoms. The van der Waals surface area contributed by atoms with Gasteiger partial charge in [-0.15, -0.1) is 0 Å². The summed E-state index contributed by atoms with van der Waals surface area (Å²) in [6, 6.07) is 5.31. The van der Waals surface area contributed by atoms with Crippen LogP contribution < -0.4 is 9.47 Å². The highest BCUT2D eigenvalue weighted by Crippen LogP contribution is 2.25. The SMILES string of the molecule is CCOC(=N)c1ccc(OC)cc1OCC. The quantitative estimate of drug-likeness (QED) is 0.616. The number of rotatable bonds is 5. The van der Waals surface area contributed by atoms with Crippen LogP contribution in [-0.4, -0.2) is 26.2 Å². The molecule has 1 N–H and O–H groups in total. The minimum atomic E-state index is 0.119.